The first-order valence-corrected chi connectivity index (χ1v) is 10.7. The van der Waals surface area contributed by atoms with E-state index in [0.29, 0.717) is 25.2 Å². The summed E-state index contributed by atoms with van der Waals surface area (Å²) in [5, 5.41) is 2.49. The number of hydrogen-bond donors (Lipinski definition) is 1. The van der Waals surface area contributed by atoms with Gasteiger partial charge in [0.05, 0.1) is 18.1 Å². The van der Waals surface area contributed by atoms with Crippen LogP contribution in [0.1, 0.15) is 18.4 Å². The van der Waals surface area contributed by atoms with Gasteiger partial charge in [0.1, 0.15) is 0 Å². The largest absolute Gasteiger partial charge is 0.493 e. The minimum absolute atomic E-state index is 0.0175. The number of nitrogens with one attached hydrogen (secondary N) is 1. The Kier molecular flexibility index (Phi) is 4.43. The highest BCUT2D eigenvalue weighted by molar-refractivity contribution is 7.92. The smallest absolute Gasteiger partial charge is 0.223 e. The number of methoxy groups -OCH3 is 1. The Morgan fingerprint density at radius 1 is 1.35 bits per heavy atom. The number of carbonyl (C=O) groups excluding carboxylic acids is 1. The predicted octanol–water partition coefficient (Wildman–Crippen LogP) is 0.958. The van der Waals surface area contributed by atoms with Crippen LogP contribution in [0, 0.1) is 17.7 Å². The maximum atomic E-state index is 13.9. The number of para-hydroxylation sites is 1. The van der Waals surface area contributed by atoms with Gasteiger partial charge in [-0.1, -0.05) is 12.1 Å². The number of hydrogen-bond acceptors (Lipinski definition) is 5. The molecule has 1 aromatic rings. The zero-order valence-electron chi connectivity index (χ0n) is 14.7. The van der Waals surface area contributed by atoms with Crippen LogP contribution in [0.4, 0.5) is 4.39 Å². The van der Waals surface area contributed by atoms with E-state index in [1.165, 1.54) is 13.2 Å². The van der Waals surface area contributed by atoms with E-state index >= 15 is 0 Å². The molecule has 1 amide bonds. The SMILES string of the molecule is COc1c(F)cccc1CN1C[C@H]2[C@H](NC(=O)C3CC3)CS(=O)(=O)[C@H]2C1. The van der Waals surface area contributed by atoms with Crippen molar-refractivity contribution in [2.45, 2.75) is 30.7 Å². The number of amides is 1. The number of nitrogens with zero attached hydrogens (tertiary/aromatic N) is 1. The van der Waals surface area contributed by atoms with Gasteiger partial charge in [-0.3, -0.25) is 9.69 Å². The molecule has 0 unspecified atom stereocenters. The third-order valence-electron chi connectivity index (χ3n) is 5.70. The first-order valence-electron chi connectivity index (χ1n) is 8.94. The monoisotopic (exact) mass is 382 g/mol. The molecule has 3 aliphatic rings. The number of benzene rings is 1. The molecule has 26 heavy (non-hydrogen) atoms. The molecule has 1 aliphatic carbocycles. The van der Waals surface area contributed by atoms with Crippen LogP contribution in [-0.4, -0.2) is 56.5 Å². The predicted molar refractivity (Wildman–Crippen MR) is 93.9 cm³/mol. The highest BCUT2D eigenvalue weighted by Gasteiger charge is 2.52. The molecule has 3 fully saturated rings. The summed E-state index contributed by atoms with van der Waals surface area (Å²) in [6, 6.07) is 4.43. The standard InChI is InChI=1S/C18H23FN2O4S/c1-25-17-12(3-2-4-14(17)19)7-21-8-13-15(20-18(22)11-5-6-11)10-26(23,24)16(13)9-21/h2-4,11,13,15-16H,5-10H2,1H3,(H,20,22)/t13-,15+,16-/m0/s1. The molecular formula is C18H23FN2O4S. The van der Waals surface area contributed by atoms with Crippen molar-refractivity contribution in [3.8, 4) is 5.75 Å². The summed E-state index contributed by atoms with van der Waals surface area (Å²) in [6.45, 7) is 1.40. The molecule has 1 N–H and O–H groups in total. The summed E-state index contributed by atoms with van der Waals surface area (Å²) in [5.74, 6) is -0.264. The topological polar surface area (TPSA) is 75.7 Å². The second kappa shape index (κ2) is 6.49. The highest BCUT2D eigenvalue weighted by Crippen LogP contribution is 2.37. The van der Waals surface area contributed by atoms with Gasteiger partial charge in [0.2, 0.25) is 5.91 Å². The number of likely N-dealkylation sites (tertiary alicyclic amines) is 1. The number of halogens is 1. The van der Waals surface area contributed by atoms with Gasteiger partial charge in [-0.2, -0.15) is 0 Å². The number of fused-ring (bicyclic) bond motifs is 1. The van der Waals surface area contributed by atoms with Crippen molar-refractivity contribution < 1.29 is 22.3 Å². The molecule has 0 bridgehead atoms. The molecule has 8 heteroatoms. The Balaban J connectivity index is 1.49. The maximum Gasteiger partial charge on any atom is 0.223 e. The van der Waals surface area contributed by atoms with Gasteiger partial charge in [0.15, 0.2) is 21.4 Å². The fraction of sp³-hybridized carbons (Fsp3) is 0.611. The molecule has 2 aliphatic heterocycles. The molecule has 0 spiro atoms. The number of ether oxygens (including phenoxy) is 1. The van der Waals surface area contributed by atoms with Crippen molar-refractivity contribution in [3.63, 3.8) is 0 Å². The second-order valence-electron chi connectivity index (χ2n) is 7.55. The van der Waals surface area contributed by atoms with Crippen LogP contribution in [0.5, 0.6) is 5.75 Å². The van der Waals surface area contributed by atoms with E-state index in [0.717, 1.165) is 12.8 Å². The molecular weight excluding hydrogens is 359 g/mol. The molecule has 2 heterocycles. The lowest BCUT2D eigenvalue weighted by Gasteiger charge is -2.21. The molecule has 6 nitrogen and oxygen atoms in total. The van der Waals surface area contributed by atoms with Crippen molar-refractivity contribution in [3.05, 3.63) is 29.6 Å². The lowest BCUT2D eigenvalue weighted by atomic mass is 10.0. The van der Waals surface area contributed by atoms with Crippen LogP contribution in [0.25, 0.3) is 0 Å². The number of sulfone groups is 1. The van der Waals surface area contributed by atoms with Crippen molar-refractivity contribution in [2.75, 3.05) is 26.0 Å². The molecule has 2 saturated heterocycles. The van der Waals surface area contributed by atoms with Crippen LogP contribution in [0.15, 0.2) is 18.2 Å². The van der Waals surface area contributed by atoms with E-state index in [-0.39, 0.29) is 35.3 Å². The third kappa shape index (κ3) is 3.20. The quantitative estimate of drug-likeness (QED) is 0.821. The summed E-state index contributed by atoms with van der Waals surface area (Å²) in [5.41, 5.74) is 0.698. The zero-order chi connectivity index (χ0) is 18.5. The van der Waals surface area contributed by atoms with Gasteiger partial charge < -0.3 is 10.1 Å². The molecule has 142 valence electrons. The summed E-state index contributed by atoms with van der Waals surface area (Å²) in [6.07, 6.45) is 1.79. The minimum atomic E-state index is -3.23. The van der Waals surface area contributed by atoms with E-state index in [1.807, 2.05) is 4.90 Å². The first kappa shape index (κ1) is 17.7. The molecule has 1 saturated carbocycles. The third-order valence-corrected chi connectivity index (χ3v) is 7.94. The van der Waals surface area contributed by atoms with Gasteiger partial charge in [-0.15, -0.1) is 0 Å². The van der Waals surface area contributed by atoms with Gasteiger partial charge in [-0.25, -0.2) is 12.8 Å². The van der Waals surface area contributed by atoms with E-state index in [4.69, 9.17) is 4.74 Å². The van der Waals surface area contributed by atoms with Crippen LogP contribution in [-0.2, 0) is 21.2 Å². The van der Waals surface area contributed by atoms with Gasteiger partial charge >= 0.3 is 0 Å². The fourth-order valence-corrected chi connectivity index (χ4v) is 6.54. The Hall–Kier alpha value is -1.67. The zero-order valence-corrected chi connectivity index (χ0v) is 15.5. The van der Waals surface area contributed by atoms with Gasteiger partial charge in [0.25, 0.3) is 0 Å². The molecule has 4 rings (SSSR count). The van der Waals surface area contributed by atoms with Crippen molar-refractivity contribution in [1.29, 1.82) is 0 Å². The van der Waals surface area contributed by atoms with Crippen molar-refractivity contribution in [2.24, 2.45) is 11.8 Å². The molecule has 1 aromatic carbocycles. The Morgan fingerprint density at radius 3 is 2.81 bits per heavy atom. The van der Waals surface area contributed by atoms with E-state index in [9.17, 15) is 17.6 Å². The lowest BCUT2D eigenvalue weighted by molar-refractivity contribution is -0.123. The average molecular weight is 382 g/mol. The minimum Gasteiger partial charge on any atom is -0.493 e. The maximum absolute atomic E-state index is 13.9. The van der Waals surface area contributed by atoms with Crippen LogP contribution >= 0.6 is 0 Å². The van der Waals surface area contributed by atoms with Gasteiger partial charge in [0, 0.05) is 43.1 Å². The molecule has 0 radical (unpaired) electrons. The molecule has 3 atom stereocenters. The molecule has 0 aromatic heterocycles. The fourth-order valence-electron chi connectivity index (χ4n) is 4.22. The van der Waals surface area contributed by atoms with Crippen LogP contribution in [0.3, 0.4) is 0 Å². The second-order valence-corrected chi connectivity index (χ2v) is 9.81. The van der Waals surface area contributed by atoms with Crippen molar-refractivity contribution in [1.82, 2.24) is 10.2 Å². The number of carbonyl (C=O) groups is 1. The summed E-state index contributed by atoms with van der Waals surface area (Å²) in [4.78, 5) is 14.1. The summed E-state index contributed by atoms with van der Waals surface area (Å²) >= 11 is 0. The van der Waals surface area contributed by atoms with E-state index < -0.39 is 20.9 Å². The van der Waals surface area contributed by atoms with Crippen LogP contribution < -0.4 is 10.1 Å². The van der Waals surface area contributed by atoms with E-state index in [1.54, 1.807) is 12.1 Å². The Labute approximate surface area is 152 Å². The average Bonchev–Trinajstić information content (AvgIpc) is 3.30. The van der Waals surface area contributed by atoms with Gasteiger partial charge in [-0.05, 0) is 18.9 Å². The Bertz CT molecular complexity index is 824. The Morgan fingerprint density at radius 2 is 2.12 bits per heavy atom. The normalized spacial score (nSPS) is 30.2. The summed E-state index contributed by atoms with van der Waals surface area (Å²) < 4.78 is 44.1. The summed E-state index contributed by atoms with van der Waals surface area (Å²) in [7, 11) is -1.81. The van der Waals surface area contributed by atoms with Crippen molar-refractivity contribution >= 4 is 15.7 Å². The first-order chi connectivity index (χ1) is 12.4. The number of rotatable bonds is 5. The lowest BCUT2D eigenvalue weighted by Crippen LogP contribution is -2.42. The highest BCUT2D eigenvalue weighted by atomic mass is 32.2. The van der Waals surface area contributed by atoms with E-state index in [2.05, 4.69) is 5.32 Å². The van der Waals surface area contributed by atoms with Crippen LogP contribution in [0.2, 0.25) is 0 Å².